The first kappa shape index (κ1) is 15.6. The minimum Gasteiger partial charge on any atom is -0.319 e. The number of nitrogens with one attached hydrogen (secondary N) is 1. The molecule has 0 bridgehead atoms. The molecule has 1 saturated carbocycles. The number of likely N-dealkylation sites (N-methyl/N-ethyl adjacent to an activating group) is 1. The van der Waals surface area contributed by atoms with Gasteiger partial charge in [-0.1, -0.05) is 58.9 Å². The van der Waals surface area contributed by atoms with Crippen molar-refractivity contribution in [2.24, 2.45) is 11.3 Å². The summed E-state index contributed by atoms with van der Waals surface area (Å²) >= 11 is 0. The van der Waals surface area contributed by atoms with Crippen molar-refractivity contribution in [2.75, 3.05) is 13.6 Å². The molecule has 1 N–H and O–H groups in total. The van der Waals surface area contributed by atoms with Gasteiger partial charge in [0, 0.05) is 12.0 Å². The normalized spacial score (nSPS) is 26.6. The van der Waals surface area contributed by atoms with Gasteiger partial charge in [-0.2, -0.15) is 0 Å². The van der Waals surface area contributed by atoms with E-state index in [0.29, 0.717) is 16.7 Å². The predicted molar refractivity (Wildman–Crippen MR) is 88.3 cm³/mol. The van der Waals surface area contributed by atoms with E-state index in [0.717, 1.165) is 12.5 Å². The highest BCUT2D eigenvalue weighted by Gasteiger charge is 2.48. The molecule has 0 aromatic heterocycles. The molecule has 0 atom stereocenters. The standard InChI is InChI=1S/C19H31N/c1-14(2)15-7-9-16(10-8-15)19(13-20-6)11-17(12-19)18(3,4)5/h7-10,14,17,20H,11-13H2,1-6H3. The molecule has 1 aliphatic rings. The van der Waals surface area contributed by atoms with Crippen LogP contribution in [0.15, 0.2) is 24.3 Å². The van der Waals surface area contributed by atoms with Crippen LogP contribution in [-0.2, 0) is 5.41 Å². The summed E-state index contributed by atoms with van der Waals surface area (Å²) in [6.45, 7) is 12.8. The van der Waals surface area contributed by atoms with Gasteiger partial charge in [-0.05, 0) is 48.3 Å². The van der Waals surface area contributed by atoms with E-state index in [2.05, 4.69) is 71.2 Å². The molecule has 112 valence electrons. The molecule has 0 unspecified atom stereocenters. The van der Waals surface area contributed by atoms with Crippen molar-refractivity contribution in [3.63, 3.8) is 0 Å². The molecule has 2 rings (SSSR count). The SMILES string of the molecule is CNCC1(c2ccc(C(C)C)cc2)CC(C(C)(C)C)C1. The van der Waals surface area contributed by atoms with Gasteiger partial charge in [0.25, 0.3) is 0 Å². The zero-order valence-corrected chi connectivity index (χ0v) is 14.1. The lowest BCUT2D eigenvalue weighted by Crippen LogP contribution is -2.51. The van der Waals surface area contributed by atoms with Crippen LogP contribution < -0.4 is 5.32 Å². The Morgan fingerprint density at radius 3 is 2.10 bits per heavy atom. The van der Waals surface area contributed by atoms with Crippen molar-refractivity contribution in [3.8, 4) is 0 Å². The van der Waals surface area contributed by atoms with Crippen LogP contribution in [-0.4, -0.2) is 13.6 Å². The Hall–Kier alpha value is -0.820. The topological polar surface area (TPSA) is 12.0 Å². The highest BCUT2D eigenvalue weighted by atomic mass is 14.8. The zero-order valence-electron chi connectivity index (χ0n) is 14.1. The van der Waals surface area contributed by atoms with E-state index in [1.165, 1.54) is 24.0 Å². The van der Waals surface area contributed by atoms with Crippen molar-refractivity contribution >= 4 is 0 Å². The Morgan fingerprint density at radius 1 is 1.15 bits per heavy atom. The Bertz CT molecular complexity index is 430. The van der Waals surface area contributed by atoms with Gasteiger partial charge in [-0.3, -0.25) is 0 Å². The first-order valence-corrected chi connectivity index (χ1v) is 8.03. The second-order valence-electron chi connectivity index (χ2n) is 8.06. The summed E-state index contributed by atoms with van der Waals surface area (Å²) in [6, 6.07) is 9.38. The largest absolute Gasteiger partial charge is 0.319 e. The minimum atomic E-state index is 0.363. The molecule has 1 nitrogen and oxygen atoms in total. The lowest BCUT2D eigenvalue weighted by molar-refractivity contribution is 0.0460. The van der Waals surface area contributed by atoms with Crippen LogP contribution in [0.5, 0.6) is 0 Å². The molecule has 0 radical (unpaired) electrons. The number of hydrogen-bond acceptors (Lipinski definition) is 1. The Morgan fingerprint density at radius 2 is 1.70 bits per heavy atom. The zero-order chi connectivity index (χ0) is 15.0. The van der Waals surface area contributed by atoms with Crippen molar-refractivity contribution in [1.82, 2.24) is 5.32 Å². The third-order valence-electron chi connectivity index (χ3n) is 5.20. The molecule has 0 heterocycles. The van der Waals surface area contributed by atoms with Crippen LogP contribution in [0.25, 0.3) is 0 Å². The van der Waals surface area contributed by atoms with Crippen LogP contribution in [0.1, 0.15) is 64.5 Å². The molecule has 1 aliphatic carbocycles. The molecule has 0 amide bonds. The summed E-state index contributed by atoms with van der Waals surface area (Å²) in [5.41, 5.74) is 3.77. The van der Waals surface area contributed by atoms with Gasteiger partial charge >= 0.3 is 0 Å². The smallest absolute Gasteiger partial charge is 0.00833 e. The van der Waals surface area contributed by atoms with E-state index in [-0.39, 0.29) is 0 Å². The van der Waals surface area contributed by atoms with Gasteiger partial charge in [-0.25, -0.2) is 0 Å². The van der Waals surface area contributed by atoms with E-state index in [1.54, 1.807) is 0 Å². The molecule has 20 heavy (non-hydrogen) atoms. The van der Waals surface area contributed by atoms with Gasteiger partial charge in [0.1, 0.15) is 0 Å². The monoisotopic (exact) mass is 273 g/mol. The van der Waals surface area contributed by atoms with Gasteiger partial charge in [-0.15, -0.1) is 0 Å². The Kier molecular flexibility index (Phi) is 4.30. The fourth-order valence-electron chi connectivity index (χ4n) is 3.54. The van der Waals surface area contributed by atoms with Crippen LogP contribution >= 0.6 is 0 Å². The molecule has 0 saturated heterocycles. The van der Waals surface area contributed by atoms with Crippen molar-refractivity contribution < 1.29 is 0 Å². The van der Waals surface area contributed by atoms with Crippen LogP contribution in [0.4, 0.5) is 0 Å². The van der Waals surface area contributed by atoms with Gasteiger partial charge in [0.05, 0.1) is 0 Å². The van der Waals surface area contributed by atoms with Crippen LogP contribution in [0.3, 0.4) is 0 Å². The lowest BCUT2D eigenvalue weighted by Gasteiger charge is -2.53. The molecular formula is C19H31N. The van der Waals surface area contributed by atoms with E-state index in [9.17, 15) is 0 Å². The molecule has 1 aromatic rings. The summed E-state index contributed by atoms with van der Waals surface area (Å²) in [5.74, 6) is 1.47. The highest BCUT2D eigenvalue weighted by Crippen LogP contribution is 2.54. The quantitative estimate of drug-likeness (QED) is 0.836. The van der Waals surface area contributed by atoms with Crippen molar-refractivity contribution in [1.29, 1.82) is 0 Å². The predicted octanol–water partition coefficient (Wildman–Crippen LogP) is 4.72. The number of hydrogen-bond donors (Lipinski definition) is 1. The first-order chi connectivity index (χ1) is 9.28. The van der Waals surface area contributed by atoms with Crippen molar-refractivity contribution in [3.05, 3.63) is 35.4 Å². The van der Waals surface area contributed by atoms with E-state index in [4.69, 9.17) is 0 Å². The molecule has 1 fully saturated rings. The Labute approximate surface area is 125 Å². The fourth-order valence-corrected chi connectivity index (χ4v) is 3.54. The average molecular weight is 273 g/mol. The third kappa shape index (κ3) is 2.93. The van der Waals surface area contributed by atoms with Gasteiger partial charge in [0.15, 0.2) is 0 Å². The van der Waals surface area contributed by atoms with E-state index in [1.807, 2.05) is 0 Å². The van der Waals surface area contributed by atoms with E-state index >= 15 is 0 Å². The van der Waals surface area contributed by atoms with Crippen molar-refractivity contribution in [2.45, 2.75) is 58.8 Å². The molecular weight excluding hydrogens is 242 g/mol. The second-order valence-corrected chi connectivity index (χ2v) is 8.06. The molecule has 0 spiro atoms. The second kappa shape index (κ2) is 5.52. The van der Waals surface area contributed by atoms with E-state index < -0.39 is 0 Å². The average Bonchev–Trinajstić information content (AvgIpc) is 2.32. The first-order valence-electron chi connectivity index (χ1n) is 8.03. The highest BCUT2D eigenvalue weighted by molar-refractivity contribution is 5.33. The summed E-state index contributed by atoms with van der Waals surface area (Å²) in [7, 11) is 2.08. The maximum Gasteiger partial charge on any atom is 0.00833 e. The molecule has 1 aromatic carbocycles. The van der Waals surface area contributed by atoms with Gasteiger partial charge in [0.2, 0.25) is 0 Å². The number of benzene rings is 1. The summed E-state index contributed by atoms with van der Waals surface area (Å²) in [5, 5.41) is 3.42. The van der Waals surface area contributed by atoms with Crippen LogP contribution in [0, 0.1) is 11.3 Å². The maximum absolute atomic E-state index is 3.42. The lowest BCUT2D eigenvalue weighted by atomic mass is 9.52. The Balaban J connectivity index is 2.18. The summed E-state index contributed by atoms with van der Waals surface area (Å²) < 4.78 is 0. The maximum atomic E-state index is 3.42. The molecule has 1 heteroatoms. The minimum absolute atomic E-state index is 0.363. The fraction of sp³-hybridized carbons (Fsp3) is 0.684. The summed E-state index contributed by atoms with van der Waals surface area (Å²) in [6.07, 6.45) is 2.64. The summed E-state index contributed by atoms with van der Waals surface area (Å²) in [4.78, 5) is 0. The third-order valence-corrected chi connectivity index (χ3v) is 5.20. The molecule has 0 aliphatic heterocycles. The van der Waals surface area contributed by atoms with Gasteiger partial charge < -0.3 is 5.32 Å². The number of rotatable bonds is 4. The van der Waals surface area contributed by atoms with Crippen LogP contribution in [0.2, 0.25) is 0 Å².